The Kier molecular flexibility index (Phi) is 7.06. The largest absolute Gasteiger partial charge is 0.341 e. The maximum atomic E-state index is 13.2. The Morgan fingerprint density at radius 2 is 1.86 bits per heavy atom. The molecule has 3 aromatic rings. The summed E-state index contributed by atoms with van der Waals surface area (Å²) in [6.07, 6.45) is 6.16. The van der Waals surface area contributed by atoms with Crippen LogP contribution in [0.4, 0.5) is 4.39 Å². The molecule has 2 aliphatic heterocycles. The number of aryl methyl sites for hydroxylation is 1. The van der Waals surface area contributed by atoms with E-state index in [0.717, 1.165) is 36.9 Å². The molecule has 0 radical (unpaired) electrons. The third-order valence-corrected chi connectivity index (χ3v) is 7.09. The van der Waals surface area contributed by atoms with Gasteiger partial charge in [-0.1, -0.05) is 17.3 Å². The summed E-state index contributed by atoms with van der Waals surface area (Å²) in [6, 6.07) is 6.21. The maximum Gasteiger partial charge on any atom is 0.244 e. The van der Waals surface area contributed by atoms with E-state index in [9.17, 15) is 14.0 Å². The number of H-pyrrole nitrogens is 1. The lowest BCUT2D eigenvalue weighted by Crippen LogP contribution is -2.41. The smallest absolute Gasteiger partial charge is 0.244 e. The molecule has 2 aliphatic rings. The number of carbonyl (C=O) groups excluding carboxylic acids is 2. The molecule has 190 valence electrons. The predicted octanol–water partition coefficient (Wildman–Crippen LogP) is 2.43. The van der Waals surface area contributed by atoms with E-state index in [1.165, 1.54) is 12.1 Å². The van der Waals surface area contributed by atoms with Gasteiger partial charge in [-0.05, 0) is 56.2 Å². The second kappa shape index (κ2) is 10.5. The van der Waals surface area contributed by atoms with Crippen molar-refractivity contribution in [2.75, 3.05) is 19.6 Å². The van der Waals surface area contributed by atoms with Gasteiger partial charge in [0.1, 0.15) is 18.2 Å². The summed E-state index contributed by atoms with van der Waals surface area (Å²) in [7, 11) is 0. The average Bonchev–Trinajstić information content (AvgIpc) is 3.62. The van der Waals surface area contributed by atoms with Gasteiger partial charge in [0.15, 0.2) is 5.82 Å². The van der Waals surface area contributed by atoms with E-state index in [-0.39, 0.29) is 36.1 Å². The molecule has 1 aromatic carbocycles. The molecule has 0 bridgehead atoms. The van der Waals surface area contributed by atoms with Crippen molar-refractivity contribution in [1.29, 1.82) is 0 Å². The minimum Gasteiger partial charge on any atom is -0.341 e. The van der Waals surface area contributed by atoms with E-state index in [2.05, 4.69) is 25.5 Å². The second-order valence-corrected chi connectivity index (χ2v) is 9.77. The third-order valence-electron chi connectivity index (χ3n) is 7.09. The fourth-order valence-corrected chi connectivity index (χ4v) is 5.13. The molecule has 11 heteroatoms. The molecule has 0 spiro atoms. The molecule has 2 fully saturated rings. The molecular weight excluding hydrogens is 463 g/mol. The molecule has 2 amide bonds. The zero-order valence-corrected chi connectivity index (χ0v) is 20.4. The van der Waals surface area contributed by atoms with Crippen LogP contribution in [0.3, 0.4) is 0 Å². The first-order valence-electron chi connectivity index (χ1n) is 12.5. The Balaban J connectivity index is 1.12. The quantitative estimate of drug-likeness (QED) is 0.540. The zero-order chi connectivity index (χ0) is 25.1. The first-order chi connectivity index (χ1) is 17.4. The SMILES string of the molecule is Cc1cn(CC(=O)N2CCC(CC(=O)N3CCC[C@H]3c3n[nH]c(Cc4ccc(F)cc4)n3)CC2)nn1. The summed E-state index contributed by atoms with van der Waals surface area (Å²) in [6.45, 7) is 4.05. The van der Waals surface area contributed by atoms with Gasteiger partial charge in [0, 0.05) is 38.7 Å². The topological polar surface area (TPSA) is 113 Å². The van der Waals surface area contributed by atoms with Gasteiger partial charge in [0.05, 0.1) is 11.7 Å². The van der Waals surface area contributed by atoms with Crippen molar-refractivity contribution >= 4 is 11.8 Å². The summed E-state index contributed by atoms with van der Waals surface area (Å²) in [5.74, 6) is 1.50. The number of hydrogen-bond acceptors (Lipinski definition) is 6. The fraction of sp³-hybridized carbons (Fsp3) is 0.520. The van der Waals surface area contributed by atoms with Crippen LogP contribution in [0.5, 0.6) is 0 Å². The van der Waals surface area contributed by atoms with Gasteiger partial charge in [-0.2, -0.15) is 5.10 Å². The van der Waals surface area contributed by atoms with Crippen LogP contribution in [0.15, 0.2) is 30.5 Å². The minimum absolute atomic E-state index is 0.0327. The third kappa shape index (κ3) is 5.60. The van der Waals surface area contributed by atoms with Gasteiger partial charge in [-0.25, -0.2) is 14.1 Å². The molecular formula is C25H31FN8O2. The Bertz CT molecular complexity index is 1200. The van der Waals surface area contributed by atoms with Crippen LogP contribution in [0, 0.1) is 18.7 Å². The normalized spacial score (nSPS) is 18.7. The van der Waals surface area contributed by atoms with Gasteiger partial charge in [0.2, 0.25) is 11.8 Å². The molecule has 1 N–H and O–H groups in total. The van der Waals surface area contributed by atoms with E-state index >= 15 is 0 Å². The van der Waals surface area contributed by atoms with Gasteiger partial charge < -0.3 is 9.80 Å². The highest BCUT2D eigenvalue weighted by molar-refractivity contribution is 5.77. The van der Waals surface area contributed by atoms with Crippen molar-refractivity contribution in [1.82, 2.24) is 40.0 Å². The van der Waals surface area contributed by atoms with Crippen LogP contribution >= 0.6 is 0 Å². The highest BCUT2D eigenvalue weighted by Crippen LogP contribution is 2.32. The standard InChI is InChI=1S/C25H31FN8O2/c1-17-15-33(31-28-17)16-24(36)32-11-8-19(9-12-32)14-23(35)34-10-2-3-21(34)25-27-22(29-30-25)13-18-4-6-20(26)7-5-18/h4-7,15,19,21H,2-3,8-14,16H2,1H3,(H,27,29,30)/t21-/m0/s1. The van der Waals surface area contributed by atoms with E-state index in [1.54, 1.807) is 23.0 Å². The van der Waals surface area contributed by atoms with Crippen molar-refractivity contribution < 1.29 is 14.0 Å². The highest BCUT2D eigenvalue weighted by atomic mass is 19.1. The minimum atomic E-state index is -0.267. The van der Waals surface area contributed by atoms with E-state index < -0.39 is 0 Å². The predicted molar refractivity (Wildman–Crippen MR) is 128 cm³/mol. The number of nitrogens with zero attached hydrogens (tertiary/aromatic N) is 7. The number of aromatic nitrogens is 6. The summed E-state index contributed by atoms with van der Waals surface area (Å²) < 4.78 is 14.7. The van der Waals surface area contributed by atoms with Crippen molar-refractivity contribution in [3.63, 3.8) is 0 Å². The number of aromatic amines is 1. The molecule has 2 aromatic heterocycles. The molecule has 10 nitrogen and oxygen atoms in total. The Hall–Kier alpha value is -3.63. The molecule has 36 heavy (non-hydrogen) atoms. The monoisotopic (exact) mass is 494 g/mol. The molecule has 0 saturated carbocycles. The Labute approximate surface area is 208 Å². The van der Waals surface area contributed by atoms with Crippen LogP contribution in [-0.2, 0) is 22.6 Å². The van der Waals surface area contributed by atoms with Crippen molar-refractivity contribution in [2.24, 2.45) is 5.92 Å². The summed E-state index contributed by atoms with van der Waals surface area (Å²) in [5, 5.41) is 15.3. The molecule has 4 heterocycles. The van der Waals surface area contributed by atoms with E-state index in [1.807, 2.05) is 16.7 Å². The fourth-order valence-electron chi connectivity index (χ4n) is 5.13. The number of rotatable bonds is 7. The molecule has 0 aliphatic carbocycles. The van der Waals surface area contributed by atoms with E-state index in [4.69, 9.17) is 0 Å². The zero-order valence-electron chi connectivity index (χ0n) is 20.4. The number of piperidine rings is 1. The number of carbonyl (C=O) groups is 2. The van der Waals surface area contributed by atoms with Crippen LogP contribution < -0.4 is 0 Å². The molecule has 0 unspecified atom stereocenters. The number of benzene rings is 1. The summed E-state index contributed by atoms with van der Waals surface area (Å²) >= 11 is 0. The molecule has 2 saturated heterocycles. The number of amides is 2. The second-order valence-electron chi connectivity index (χ2n) is 9.77. The van der Waals surface area contributed by atoms with Crippen LogP contribution in [0.2, 0.25) is 0 Å². The van der Waals surface area contributed by atoms with Crippen LogP contribution in [-0.4, -0.2) is 71.4 Å². The highest BCUT2D eigenvalue weighted by Gasteiger charge is 2.34. The first kappa shape index (κ1) is 24.1. The van der Waals surface area contributed by atoms with Crippen molar-refractivity contribution in [3.8, 4) is 0 Å². The molecule has 5 rings (SSSR count). The summed E-state index contributed by atoms with van der Waals surface area (Å²) in [4.78, 5) is 34.2. The lowest BCUT2D eigenvalue weighted by Gasteiger charge is -2.33. The first-order valence-corrected chi connectivity index (χ1v) is 12.5. The van der Waals surface area contributed by atoms with Gasteiger partial charge >= 0.3 is 0 Å². The van der Waals surface area contributed by atoms with Crippen molar-refractivity contribution in [3.05, 3.63) is 59.2 Å². The van der Waals surface area contributed by atoms with E-state index in [0.29, 0.717) is 44.1 Å². The number of halogens is 1. The van der Waals surface area contributed by atoms with Gasteiger partial charge in [0.25, 0.3) is 0 Å². The Morgan fingerprint density at radius 3 is 2.58 bits per heavy atom. The van der Waals surface area contributed by atoms with Gasteiger partial charge in [-0.15, -0.1) is 5.10 Å². The maximum absolute atomic E-state index is 13.2. The van der Waals surface area contributed by atoms with Gasteiger partial charge in [-0.3, -0.25) is 14.7 Å². The lowest BCUT2D eigenvalue weighted by molar-refractivity contribution is -0.135. The molecule has 1 atom stereocenters. The van der Waals surface area contributed by atoms with Crippen molar-refractivity contribution in [2.45, 2.75) is 58.0 Å². The average molecular weight is 495 g/mol. The number of nitrogens with one attached hydrogen (secondary N) is 1. The Morgan fingerprint density at radius 1 is 1.08 bits per heavy atom. The van der Waals surface area contributed by atoms with Crippen LogP contribution in [0.1, 0.15) is 61.1 Å². The van der Waals surface area contributed by atoms with Crippen LogP contribution in [0.25, 0.3) is 0 Å². The summed E-state index contributed by atoms with van der Waals surface area (Å²) in [5.41, 5.74) is 1.73. The number of likely N-dealkylation sites (tertiary alicyclic amines) is 2. The lowest BCUT2D eigenvalue weighted by atomic mass is 9.92. The number of hydrogen-bond donors (Lipinski definition) is 1.